The molecule has 4 aliphatic heterocycles. The number of hydrogen-bond donors (Lipinski definition) is 2. The number of likely N-dealkylation sites (tertiary alicyclic amines) is 2. The molecule has 17 heteroatoms. The summed E-state index contributed by atoms with van der Waals surface area (Å²) < 4.78 is 50.7. The van der Waals surface area contributed by atoms with Crippen LogP contribution in [-0.2, 0) is 23.2 Å². The van der Waals surface area contributed by atoms with E-state index < -0.39 is 36.4 Å². The average Bonchev–Trinajstić information content (AvgIpc) is 3.78. The van der Waals surface area contributed by atoms with E-state index in [1.165, 1.54) is 15.5 Å². The lowest BCUT2D eigenvalue weighted by atomic mass is 10.00. The number of nitrogens with one attached hydrogen (secondary N) is 2. The largest absolute Gasteiger partial charge is 0.496 e. The SMILES string of the molecule is C=C1c2ccc(OCCCCCN3CCC(NC(=O)c4cc5c(=O)n(C)cc(-c6cc(OC)c(CN7CCC7)c(OC)c6)c5s4)C(F)(F)C3)cc2C(=O)N1C1CCC(=O)NC1=O. The first-order valence-corrected chi connectivity index (χ1v) is 21.7. The van der Waals surface area contributed by atoms with Crippen LogP contribution in [0.25, 0.3) is 26.9 Å². The second kappa shape index (κ2) is 17.6. The number of amides is 4. The van der Waals surface area contributed by atoms with Crippen molar-refractivity contribution in [2.75, 3.05) is 53.6 Å². The molecule has 2 aromatic carbocycles. The molecule has 8 rings (SSSR count). The summed E-state index contributed by atoms with van der Waals surface area (Å²) in [5.41, 5.74) is 3.42. The van der Waals surface area contributed by atoms with Gasteiger partial charge in [0.05, 0.1) is 54.8 Å². The van der Waals surface area contributed by atoms with Gasteiger partial charge in [-0.2, -0.15) is 0 Å². The molecule has 2 aromatic heterocycles. The topological polar surface area (TPSA) is 152 Å². The zero-order valence-electron chi connectivity index (χ0n) is 35.0. The number of fused-ring (bicyclic) bond motifs is 2. The minimum absolute atomic E-state index is 0.0631. The summed E-state index contributed by atoms with van der Waals surface area (Å²) in [6, 6.07) is 8.21. The third kappa shape index (κ3) is 8.44. The molecule has 62 heavy (non-hydrogen) atoms. The molecule has 2 atom stereocenters. The van der Waals surface area contributed by atoms with Crippen LogP contribution in [0.15, 0.2) is 54.0 Å². The number of methoxy groups -OCH3 is 2. The minimum atomic E-state index is -3.18. The maximum Gasteiger partial charge on any atom is 0.280 e. The highest BCUT2D eigenvalue weighted by molar-refractivity contribution is 7.21. The van der Waals surface area contributed by atoms with Gasteiger partial charge in [-0.1, -0.05) is 6.58 Å². The Kier molecular flexibility index (Phi) is 12.2. The van der Waals surface area contributed by atoms with Crippen molar-refractivity contribution in [2.24, 2.45) is 7.05 Å². The Morgan fingerprint density at radius 2 is 1.71 bits per heavy atom. The van der Waals surface area contributed by atoms with Gasteiger partial charge in [0.25, 0.3) is 23.3 Å². The molecule has 2 unspecified atom stereocenters. The van der Waals surface area contributed by atoms with Gasteiger partial charge < -0.3 is 24.1 Å². The summed E-state index contributed by atoms with van der Waals surface area (Å²) in [6.45, 7) is 7.39. The van der Waals surface area contributed by atoms with E-state index in [-0.39, 0.29) is 41.5 Å². The number of thiophene rings is 1. The van der Waals surface area contributed by atoms with Gasteiger partial charge in [-0.15, -0.1) is 11.3 Å². The number of carbonyl (C=O) groups is 4. The number of unbranched alkanes of at least 4 members (excludes halogenated alkanes) is 2. The number of rotatable bonds is 15. The highest BCUT2D eigenvalue weighted by atomic mass is 32.1. The van der Waals surface area contributed by atoms with Crippen LogP contribution in [0, 0.1) is 0 Å². The number of alkyl halides is 2. The number of pyridine rings is 1. The molecule has 4 aromatic rings. The third-order valence-electron chi connectivity index (χ3n) is 12.3. The van der Waals surface area contributed by atoms with Gasteiger partial charge in [-0.25, -0.2) is 8.78 Å². The van der Waals surface area contributed by atoms with Crippen LogP contribution in [0.1, 0.15) is 76.1 Å². The molecule has 0 spiro atoms. The van der Waals surface area contributed by atoms with E-state index in [0.717, 1.165) is 48.4 Å². The summed E-state index contributed by atoms with van der Waals surface area (Å²) in [4.78, 5) is 69.7. The van der Waals surface area contributed by atoms with Crippen molar-refractivity contribution in [3.63, 3.8) is 0 Å². The van der Waals surface area contributed by atoms with Crippen LogP contribution in [0.5, 0.6) is 17.2 Å². The van der Waals surface area contributed by atoms with Gasteiger partial charge in [-0.3, -0.25) is 44.0 Å². The Bertz CT molecular complexity index is 2490. The lowest BCUT2D eigenvalue weighted by Crippen LogP contribution is -2.58. The second-order valence-electron chi connectivity index (χ2n) is 16.4. The highest BCUT2D eigenvalue weighted by Crippen LogP contribution is 2.41. The number of piperidine rings is 2. The normalized spacial score (nSPS) is 20.2. The van der Waals surface area contributed by atoms with E-state index in [2.05, 4.69) is 22.1 Å². The summed E-state index contributed by atoms with van der Waals surface area (Å²) in [7, 11) is 4.84. The van der Waals surface area contributed by atoms with Gasteiger partial charge in [0, 0.05) is 54.3 Å². The van der Waals surface area contributed by atoms with Crippen LogP contribution in [0.2, 0.25) is 0 Å². The fourth-order valence-electron chi connectivity index (χ4n) is 8.72. The average molecular weight is 873 g/mol. The van der Waals surface area contributed by atoms with E-state index in [1.54, 1.807) is 50.6 Å². The first-order chi connectivity index (χ1) is 29.8. The van der Waals surface area contributed by atoms with Crippen molar-refractivity contribution in [1.82, 2.24) is 29.9 Å². The summed E-state index contributed by atoms with van der Waals surface area (Å²) >= 11 is 1.10. The van der Waals surface area contributed by atoms with E-state index in [0.29, 0.717) is 88.8 Å². The zero-order valence-corrected chi connectivity index (χ0v) is 35.8. The van der Waals surface area contributed by atoms with Crippen LogP contribution >= 0.6 is 11.3 Å². The molecule has 0 bridgehead atoms. The zero-order chi connectivity index (χ0) is 43.9. The molecule has 3 fully saturated rings. The van der Waals surface area contributed by atoms with Crippen molar-refractivity contribution in [1.29, 1.82) is 0 Å². The molecule has 3 saturated heterocycles. The van der Waals surface area contributed by atoms with Gasteiger partial charge >= 0.3 is 0 Å². The Labute approximate surface area is 361 Å². The Morgan fingerprint density at radius 1 is 0.952 bits per heavy atom. The van der Waals surface area contributed by atoms with Crippen LogP contribution in [0.3, 0.4) is 0 Å². The van der Waals surface area contributed by atoms with Crippen molar-refractivity contribution >= 4 is 50.7 Å². The fourth-order valence-corrected chi connectivity index (χ4v) is 9.81. The maximum atomic E-state index is 15.6. The molecule has 4 aliphatic rings. The predicted octanol–water partition coefficient (Wildman–Crippen LogP) is 5.41. The third-order valence-corrected chi connectivity index (χ3v) is 13.4. The van der Waals surface area contributed by atoms with Crippen molar-refractivity contribution in [3.8, 4) is 28.4 Å². The maximum absolute atomic E-state index is 15.6. The van der Waals surface area contributed by atoms with Crippen molar-refractivity contribution < 1.29 is 42.2 Å². The lowest BCUT2D eigenvalue weighted by Gasteiger charge is -2.38. The smallest absolute Gasteiger partial charge is 0.280 e. The monoisotopic (exact) mass is 872 g/mol. The molecule has 328 valence electrons. The van der Waals surface area contributed by atoms with Crippen LogP contribution in [0.4, 0.5) is 8.78 Å². The lowest BCUT2D eigenvalue weighted by molar-refractivity contribution is -0.136. The van der Waals surface area contributed by atoms with E-state index in [9.17, 15) is 24.0 Å². The molecule has 2 N–H and O–H groups in total. The summed E-state index contributed by atoms with van der Waals surface area (Å²) in [6.07, 6.45) is 5.33. The summed E-state index contributed by atoms with van der Waals surface area (Å²) in [5, 5.41) is 5.19. The van der Waals surface area contributed by atoms with E-state index in [4.69, 9.17) is 14.2 Å². The highest BCUT2D eigenvalue weighted by Gasteiger charge is 2.45. The number of benzene rings is 2. The number of nitrogens with zero attached hydrogens (tertiary/aromatic N) is 4. The molecule has 6 heterocycles. The number of ether oxygens (including phenoxy) is 3. The standard InChI is InChI=1S/C45H50F2N6O8S/c1-26-29-10-9-28(21-30(29)44(58)53(26)34-11-12-39(54)49-41(34)55)61-18-7-5-6-14-52-17-13-38(45(46,47)25-52)48-42(56)37-22-31-40(62-37)32(23-50(2)43(31)57)27-19-35(59-3)33(36(20-27)60-4)24-51-15-8-16-51/h9-10,19-23,34,38H,1,5-8,11-18,24-25H2,2-4H3,(H,48,56)(H,49,54,55). The molecule has 0 aliphatic carbocycles. The van der Waals surface area contributed by atoms with Gasteiger partial charge in [-0.05, 0) is 100 Å². The van der Waals surface area contributed by atoms with Crippen LogP contribution < -0.4 is 30.4 Å². The Morgan fingerprint density at radius 3 is 2.39 bits per heavy atom. The number of aromatic nitrogens is 1. The molecular formula is C45H50F2N6O8S. The van der Waals surface area contributed by atoms with Crippen LogP contribution in [-0.4, -0.2) is 114 Å². The summed E-state index contributed by atoms with van der Waals surface area (Å²) in [5.74, 6) is -3.31. The number of carbonyl (C=O) groups excluding carboxylic acids is 4. The first-order valence-electron chi connectivity index (χ1n) is 20.9. The van der Waals surface area contributed by atoms with Gasteiger partial charge in [0.15, 0.2) is 0 Å². The Balaban J connectivity index is 0.835. The molecule has 4 amide bonds. The minimum Gasteiger partial charge on any atom is -0.496 e. The first kappa shape index (κ1) is 43.0. The number of imide groups is 1. The van der Waals surface area contributed by atoms with Gasteiger partial charge in [0.1, 0.15) is 23.3 Å². The number of halogens is 2. The van der Waals surface area contributed by atoms with Crippen molar-refractivity contribution in [3.05, 3.63) is 81.1 Å². The van der Waals surface area contributed by atoms with Crippen molar-refractivity contribution in [2.45, 2.75) is 69.5 Å². The second-order valence-corrected chi connectivity index (χ2v) is 17.4. The molecule has 14 nitrogen and oxygen atoms in total. The van der Waals surface area contributed by atoms with E-state index >= 15 is 8.78 Å². The fraction of sp³-hybridized carbons (Fsp3) is 0.444. The van der Waals surface area contributed by atoms with E-state index in [1.807, 2.05) is 12.1 Å². The number of hydrogen-bond acceptors (Lipinski definition) is 11. The Hall–Kier alpha value is -5.65. The molecule has 0 radical (unpaired) electrons. The van der Waals surface area contributed by atoms with Gasteiger partial charge in [0.2, 0.25) is 11.8 Å². The predicted molar refractivity (Wildman–Crippen MR) is 230 cm³/mol. The number of aryl methyl sites for hydroxylation is 1. The molecular weight excluding hydrogens is 823 g/mol. The molecule has 0 saturated carbocycles. The quantitative estimate of drug-likeness (QED) is 0.117.